The van der Waals surface area contributed by atoms with Crippen LogP contribution in [0.25, 0.3) is 0 Å². The summed E-state index contributed by atoms with van der Waals surface area (Å²) in [4.78, 5) is 0. The van der Waals surface area contributed by atoms with E-state index < -0.39 is 32.6 Å². The summed E-state index contributed by atoms with van der Waals surface area (Å²) in [6.07, 6.45) is -4.52. The second-order valence-corrected chi connectivity index (χ2v) is 6.52. The van der Waals surface area contributed by atoms with Gasteiger partial charge in [0.05, 0.1) is 16.6 Å². The Kier molecular flexibility index (Phi) is 3.37. The number of nitrogens with one attached hydrogen (secondary N) is 1. The van der Waals surface area contributed by atoms with E-state index in [4.69, 9.17) is 0 Å². The fourth-order valence-corrected chi connectivity index (χ4v) is 3.44. The van der Waals surface area contributed by atoms with E-state index in [1.807, 2.05) is 0 Å². The summed E-state index contributed by atoms with van der Waals surface area (Å²) in [6.45, 7) is 0.632. The van der Waals surface area contributed by atoms with Crippen LogP contribution < -0.4 is 5.32 Å². The van der Waals surface area contributed by atoms with Crippen LogP contribution in [0.4, 0.5) is 13.2 Å². The first-order chi connectivity index (χ1) is 8.31. The van der Waals surface area contributed by atoms with Crippen LogP contribution in [0.2, 0.25) is 0 Å². The number of halogens is 3. The first-order valence-electron chi connectivity index (χ1n) is 5.38. The van der Waals surface area contributed by atoms with Crippen molar-refractivity contribution >= 4 is 9.84 Å². The van der Waals surface area contributed by atoms with Gasteiger partial charge in [0.2, 0.25) is 0 Å². The molecule has 1 N–H and O–H groups in total. The number of sulfone groups is 1. The molecule has 0 spiro atoms. The summed E-state index contributed by atoms with van der Waals surface area (Å²) in [5.41, 5.74) is -1.06. The molecule has 0 saturated carbocycles. The van der Waals surface area contributed by atoms with Crippen LogP contribution >= 0.6 is 0 Å². The van der Waals surface area contributed by atoms with E-state index in [2.05, 4.69) is 5.32 Å². The maximum atomic E-state index is 12.7. The Morgan fingerprint density at radius 1 is 1.22 bits per heavy atom. The molecule has 7 heteroatoms. The highest BCUT2D eigenvalue weighted by molar-refractivity contribution is 7.91. The molecule has 100 valence electrons. The molecule has 2 rings (SSSR count). The van der Waals surface area contributed by atoms with Gasteiger partial charge in [-0.25, -0.2) is 8.42 Å². The van der Waals surface area contributed by atoms with E-state index in [9.17, 15) is 21.6 Å². The van der Waals surface area contributed by atoms with Gasteiger partial charge in [0, 0.05) is 13.1 Å². The maximum absolute atomic E-state index is 12.7. The van der Waals surface area contributed by atoms with Crippen LogP contribution in [0, 0.1) is 0 Å². The van der Waals surface area contributed by atoms with Gasteiger partial charge in [-0.2, -0.15) is 13.2 Å². The van der Waals surface area contributed by atoms with Crippen molar-refractivity contribution in [2.24, 2.45) is 0 Å². The standard InChI is InChI=1S/C11H12F3NO2S/c12-11(13,14)10-4-2-1-3-8(10)7-18(16,17)9-5-15-6-9/h1-4,9,15H,5-7H2. The summed E-state index contributed by atoms with van der Waals surface area (Å²) in [5.74, 6) is -0.560. The quantitative estimate of drug-likeness (QED) is 0.914. The molecule has 1 aliphatic heterocycles. The third kappa shape index (κ3) is 2.67. The van der Waals surface area contributed by atoms with Gasteiger partial charge in [-0.3, -0.25) is 0 Å². The van der Waals surface area contributed by atoms with Crippen LogP contribution in [0.1, 0.15) is 11.1 Å². The molecule has 1 aromatic carbocycles. The molecule has 1 saturated heterocycles. The maximum Gasteiger partial charge on any atom is 0.416 e. The van der Waals surface area contributed by atoms with Gasteiger partial charge in [-0.05, 0) is 11.6 Å². The highest BCUT2D eigenvalue weighted by Crippen LogP contribution is 2.33. The Labute approximate surface area is 103 Å². The summed E-state index contributed by atoms with van der Waals surface area (Å²) < 4.78 is 61.8. The Bertz CT molecular complexity index is 535. The summed E-state index contributed by atoms with van der Waals surface area (Å²) in [7, 11) is -3.52. The minimum Gasteiger partial charge on any atom is -0.314 e. The predicted octanol–water partition coefficient (Wildman–Crippen LogP) is 1.59. The molecule has 0 atom stereocenters. The number of hydrogen-bond donors (Lipinski definition) is 1. The summed E-state index contributed by atoms with van der Waals surface area (Å²) >= 11 is 0. The zero-order valence-corrected chi connectivity index (χ0v) is 10.2. The topological polar surface area (TPSA) is 46.2 Å². The second-order valence-electron chi connectivity index (χ2n) is 4.24. The largest absolute Gasteiger partial charge is 0.416 e. The average molecular weight is 279 g/mol. The summed E-state index contributed by atoms with van der Waals surface area (Å²) in [5, 5.41) is 2.23. The monoisotopic (exact) mass is 279 g/mol. The predicted molar refractivity (Wildman–Crippen MR) is 60.7 cm³/mol. The van der Waals surface area contributed by atoms with Crippen molar-refractivity contribution in [1.82, 2.24) is 5.32 Å². The Morgan fingerprint density at radius 2 is 1.83 bits per heavy atom. The Hall–Kier alpha value is -1.08. The van der Waals surface area contributed by atoms with Gasteiger partial charge in [0.25, 0.3) is 0 Å². The number of hydrogen-bond acceptors (Lipinski definition) is 3. The number of alkyl halides is 3. The highest BCUT2D eigenvalue weighted by atomic mass is 32.2. The van der Waals surface area contributed by atoms with Gasteiger partial charge in [0.15, 0.2) is 9.84 Å². The first-order valence-corrected chi connectivity index (χ1v) is 7.09. The van der Waals surface area contributed by atoms with Crippen molar-refractivity contribution in [3.63, 3.8) is 0 Å². The number of rotatable bonds is 3. The zero-order valence-electron chi connectivity index (χ0n) is 9.37. The van der Waals surface area contributed by atoms with E-state index in [0.29, 0.717) is 13.1 Å². The van der Waals surface area contributed by atoms with Gasteiger partial charge >= 0.3 is 6.18 Å². The summed E-state index contributed by atoms with van der Waals surface area (Å²) in [6, 6.07) is 4.79. The average Bonchev–Trinajstić information content (AvgIpc) is 2.11. The first kappa shape index (κ1) is 13.4. The second kappa shape index (κ2) is 4.55. The van der Waals surface area contributed by atoms with E-state index in [1.54, 1.807) is 0 Å². The lowest BCUT2D eigenvalue weighted by Gasteiger charge is -2.27. The highest BCUT2D eigenvalue weighted by Gasteiger charge is 2.36. The lowest BCUT2D eigenvalue weighted by atomic mass is 10.1. The van der Waals surface area contributed by atoms with E-state index in [-0.39, 0.29) is 5.56 Å². The van der Waals surface area contributed by atoms with Crippen molar-refractivity contribution < 1.29 is 21.6 Å². The van der Waals surface area contributed by atoms with Crippen molar-refractivity contribution in [2.45, 2.75) is 17.2 Å². The molecule has 0 amide bonds. The van der Waals surface area contributed by atoms with Crippen molar-refractivity contribution in [3.05, 3.63) is 35.4 Å². The van der Waals surface area contributed by atoms with Crippen LogP contribution in [0.15, 0.2) is 24.3 Å². The molecule has 0 aromatic heterocycles. The molecule has 0 bridgehead atoms. The van der Waals surface area contributed by atoms with Crippen LogP contribution in [-0.4, -0.2) is 26.8 Å². The molecule has 3 nitrogen and oxygen atoms in total. The van der Waals surface area contributed by atoms with E-state index in [1.165, 1.54) is 18.2 Å². The molecule has 1 fully saturated rings. The molecule has 1 aromatic rings. The van der Waals surface area contributed by atoms with E-state index in [0.717, 1.165) is 6.07 Å². The van der Waals surface area contributed by atoms with Gasteiger partial charge < -0.3 is 5.32 Å². The third-order valence-corrected chi connectivity index (χ3v) is 4.99. The van der Waals surface area contributed by atoms with Gasteiger partial charge in [-0.15, -0.1) is 0 Å². The lowest BCUT2D eigenvalue weighted by molar-refractivity contribution is -0.138. The fourth-order valence-electron chi connectivity index (χ4n) is 1.77. The molecule has 1 aliphatic rings. The molecule has 0 aliphatic carbocycles. The Balaban J connectivity index is 2.29. The lowest BCUT2D eigenvalue weighted by Crippen LogP contribution is -2.51. The third-order valence-electron chi connectivity index (χ3n) is 2.93. The van der Waals surface area contributed by atoms with Crippen LogP contribution in [0.3, 0.4) is 0 Å². The van der Waals surface area contributed by atoms with Crippen molar-refractivity contribution in [3.8, 4) is 0 Å². The molecule has 0 radical (unpaired) electrons. The van der Waals surface area contributed by atoms with Gasteiger partial charge in [0.1, 0.15) is 0 Å². The molecular formula is C11H12F3NO2S. The zero-order chi connectivity index (χ0) is 13.4. The Morgan fingerprint density at radius 3 is 2.33 bits per heavy atom. The van der Waals surface area contributed by atoms with Gasteiger partial charge in [-0.1, -0.05) is 18.2 Å². The van der Waals surface area contributed by atoms with Crippen molar-refractivity contribution in [1.29, 1.82) is 0 Å². The molecule has 18 heavy (non-hydrogen) atoms. The van der Waals surface area contributed by atoms with E-state index >= 15 is 0 Å². The number of benzene rings is 1. The molecular weight excluding hydrogens is 267 g/mol. The minimum atomic E-state index is -4.52. The molecule has 0 unspecified atom stereocenters. The van der Waals surface area contributed by atoms with Crippen LogP contribution in [0.5, 0.6) is 0 Å². The fraction of sp³-hybridized carbons (Fsp3) is 0.455. The van der Waals surface area contributed by atoms with Crippen LogP contribution in [-0.2, 0) is 21.8 Å². The van der Waals surface area contributed by atoms with Crippen molar-refractivity contribution in [2.75, 3.05) is 13.1 Å². The smallest absolute Gasteiger partial charge is 0.314 e. The normalized spacial score (nSPS) is 17.5. The minimum absolute atomic E-state index is 0.183. The molecule has 1 heterocycles. The SMILES string of the molecule is O=S(=O)(Cc1ccccc1C(F)(F)F)C1CNC1.